The monoisotopic (exact) mass is 361 g/mol. The number of aromatic nitrogens is 5. The first-order valence-electron chi connectivity index (χ1n) is 8.59. The molecule has 0 bridgehead atoms. The van der Waals surface area contributed by atoms with E-state index < -0.39 is 6.10 Å². The van der Waals surface area contributed by atoms with Crippen molar-refractivity contribution >= 4 is 11.8 Å². The molecule has 0 radical (unpaired) electrons. The van der Waals surface area contributed by atoms with Gasteiger partial charge in [0.15, 0.2) is 5.82 Å². The smallest absolute Gasteiger partial charge is 0.323 e. The summed E-state index contributed by atoms with van der Waals surface area (Å²) < 4.78 is 7.06. The van der Waals surface area contributed by atoms with Crippen molar-refractivity contribution in [2.75, 3.05) is 25.0 Å². The SMILES string of the molecule is CC(C)CCOc1ccc(NC(=O)N2C[C@@H](O)[C@H](n3ccnn3)C2)nn1. The van der Waals surface area contributed by atoms with Crippen molar-refractivity contribution in [3.63, 3.8) is 0 Å². The molecule has 1 aliphatic rings. The molecule has 0 aliphatic carbocycles. The van der Waals surface area contributed by atoms with Gasteiger partial charge in [-0.3, -0.25) is 5.32 Å². The predicted molar refractivity (Wildman–Crippen MR) is 92.6 cm³/mol. The lowest BCUT2D eigenvalue weighted by atomic mass is 10.1. The number of aliphatic hydroxyl groups excluding tert-OH is 1. The molecule has 26 heavy (non-hydrogen) atoms. The summed E-state index contributed by atoms with van der Waals surface area (Å²) in [5.41, 5.74) is 0. The minimum Gasteiger partial charge on any atom is -0.477 e. The van der Waals surface area contributed by atoms with E-state index in [1.165, 1.54) is 11.1 Å². The zero-order valence-electron chi connectivity index (χ0n) is 14.8. The van der Waals surface area contributed by atoms with E-state index in [0.717, 1.165) is 6.42 Å². The molecule has 1 fully saturated rings. The molecule has 1 saturated heterocycles. The Balaban J connectivity index is 1.52. The fourth-order valence-corrected chi connectivity index (χ4v) is 2.64. The average Bonchev–Trinajstić information content (AvgIpc) is 3.25. The van der Waals surface area contributed by atoms with E-state index in [2.05, 4.69) is 39.7 Å². The second-order valence-electron chi connectivity index (χ2n) is 6.64. The van der Waals surface area contributed by atoms with Gasteiger partial charge in [-0.1, -0.05) is 19.1 Å². The zero-order valence-corrected chi connectivity index (χ0v) is 14.8. The fourth-order valence-electron chi connectivity index (χ4n) is 2.64. The Hall–Kier alpha value is -2.75. The number of carbonyl (C=O) groups excluding carboxylic acids is 1. The number of ether oxygens (including phenoxy) is 1. The summed E-state index contributed by atoms with van der Waals surface area (Å²) in [5.74, 6) is 1.30. The average molecular weight is 361 g/mol. The predicted octanol–water partition coefficient (Wildman–Crippen LogP) is 0.943. The van der Waals surface area contributed by atoms with E-state index in [1.54, 1.807) is 23.0 Å². The van der Waals surface area contributed by atoms with Gasteiger partial charge in [0.25, 0.3) is 0 Å². The second-order valence-corrected chi connectivity index (χ2v) is 6.64. The number of urea groups is 1. The molecule has 1 aliphatic heterocycles. The van der Waals surface area contributed by atoms with Crippen LogP contribution < -0.4 is 10.1 Å². The van der Waals surface area contributed by atoms with Crippen LogP contribution in [0.3, 0.4) is 0 Å². The van der Waals surface area contributed by atoms with E-state index in [1.807, 2.05) is 0 Å². The maximum Gasteiger partial charge on any atom is 0.323 e. The Labute approximate surface area is 151 Å². The first-order valence-corrected chi connectivity index (χ1v) is 8.59. The van der Waals surface area contributed by atoms with Gasteiger partial charge in [0.2, 0.25) is 5.88 Å². The first-order chi connectivity index (χ1) is 12.5. The quantitative estimate of drug-likeness (QED) is 0.786. The molecule has 0 saturated carbocycles. The number of amides is 2. The van der Waals surface area contributed by atoms with Gasteiger partial charge in [-0.05, 0) is 18.4 Å². The van der Waals surface area contributed by atoms with Crippen LogP contribution in [0.4, 0.5) is 10.6 Å². The summed E-state index contributed by atoms with van der Waals surface area (Å²) in [5, 5.41) is 28.3. The minimum atomic E-state index is -0.703. The third-order valence-electron chi connectivity index (χ3n) is 4.15. The van der Waals surface area contributed by atoms with Crippen LogP contribution in [0, 0.1) is 5.92 Å². The van der Waals surface area contributed by atoms with Crippen LogP contribution in [-0.2, 0) is 0 Å². The molecule has 140 valence electrons. The molecule has 2 atom stereocenters. The Bertz CT molecular complexity index is 705. The molecule has 2 amide bonds. The number of hydrogen-bond donors (Lipinski definition) is 2. The highest BCUT2D eigenvalue weighted by molar-refractivity contribution is 5.88. The van der Waals surface area contributed by atoms with Crippen LogP contribution in [0.25, 0.3) is 0 Å². The molecule has 0 spiro atoms. The van der Waals surface area contributed by atoms with Gasteiger partial charge in [-0.2, -0.15) is 0 Å². The molecule has 0 unspecified atom stereocenters. The Morgan fingerprint density at radius 3 is 2.88 bits per heavy atom. The van der Waals surface area contributed by atoms with Crippen LogP contribution in [0.15, 0.2) is 24.5 Å². The third-order valence-corrected chi connectivity index (χ3v) is 4.15. The van der Waals surface area contributed by atoms with Gasteiger partial charge in [-0.25, -0.2) is 9.48 Å². The van der Waals surface area contributed by atoms with Crippen LogP contribution >= 0.6 is 0 Å². The maximum absolute atomic E-state index is 12.4. The molecule has 2 aromatic heterocycles. The molecular formula is C16H23N7O3. The Morgan fingerprint density at radius 1 is 1.38 bits per heavy atom. The topological polar surface area (TPSA) is 118 Å². The lowest BCUT2D eigenvalue weighted by Gasteiger charge is -2.16. The van der Waals surface area contributed by atoms with Crippen LogP contribution in [-0.4, -0.2) is 67.0 Å². The van der Waals surface area contributed by atoms with Crippen molar-refractivity contribution in [1.29, 1.82) is 0 Å². The first kappa shape index (κ1) is 18.1. The van der Waals surface area contributed by atoms with E-state index in [-0.39, 0.29) is 18.6 Å². The van der Waals surface area contributed by atoms with Crippen molar-refractivity contribution in [2.24, 2.45) is 5.92 Å². The third kappa shape index (κ3) is 4.45. The van der Waals surface area contributed by atoms with Crippen molar-refractivity contribution in [3.05, 3.63) is 24.5 Å². The summed E-state index contributed by atoms with van der Waals surface area (Å²) in [6, 6.07) is 2.64. The number of β-amino-alcohol motifs (C(OH)–C–C–N with tert-alkyl or cyclic N) is 1. The number of hydrogen-bond acceptors (Lipinski definition) is 7. The number of likely N-dealkylation sites (tertiary alicyclic amines) is 1. The Kier molecular flexibility index (Phi) is 5.61. The van der Waals surface area contributed by atoms with E-state index in [9.17, 15) is 9.90 Å². The second kappa shape index (κ2) is 8.09. The van der Waals surface area contributed by atoms with Gasteiger partial charge < -0.3 is 14.7 Å². The molecule has 10 nitrogen and oxygen atoms in total. The fraction of sp³-hybridized carbons (Fsp3) is 0.562. The van der Waals surface area contributed by atoms with Gasteiger partial charge in [-0.15, -0.1) is 15.3 Å². The van der Waals surface area contributed by atoms with Crippen molar-refractivity contribution in [2.45, 2.75) is 32.4 Å². The minimum absolute atomic E-state index is 0.209. The van der Waals surface area contributed by atoms with E-state index in [0.29, 0.717) is 30.8 Å². The summed E-state index contributed by atoms with van der Waals surface area (Å²) in [4.78, 5) is 13.9. The number of aliphatic hydroxyl groups is 1. The molecule has 10 heteroatoms. The van der Waals surface area contributed by atoms with Gasteiger partial charge in [0, 0.05) is 18.8 Å². The number of carbonyl (C=O) groups is 1. The van der Waals surface area contributed by atoms with Crippen molar-refractivity contribution < 1.29 is 14.6 Å². The van der Waals surface area contributed by atoms with Crippen molar-refractivity contribution in [3.8, 4) is 5.88 Å². The summed E-state index contributed by atoms with van der Waals surface area (Å²) in [7, 11) is 0. The molecule has 0 aromatic carbocycles. The van der Waals surface area contributed by atoms with Gasteiger partial charge in [0.05, 0.1) is 31.5 Å². The summed E-state index contributed by atoms with van der Waals surface area (Å²) in [6.07, 6.45) is 3.43. The van der Waals surface area contributed by atoms with Crippen LogP contribution in [0.5, 0.6) is 5.88 Å². The highest BCUT2D eigenvalue weighted by atomic mass is 16.5. The van der Waals surface area contributed by atoms with Crippen LogP contribution in [0.2, 0.25) is 0 Å². The Morgan fingerprint density at radius 2 is 2.23 bits per heavy atom. The highest BCUT2D eigenvalue weighted by Crippen LogP contribution is 2.22. The zero-order chi connectivity index (χ0) is 18.5. The van der Waals surface area contributed by atoms with Crippen molar-refractivity contribution in [1.82, 2.24) is 30.1 Å². The number of rotatable bonds is 6. The lowest BCUT2D eigenvalue weighted by Crippen LogP contribution is -2.34. The molecule has 2 aromatic rings. The maximum atomic E-state index is 12.4. The molecule has 3 rings (SSSR count). The van der Waals surface area contributed by atoms with Gasteiger partial charge >= 0.3 is 6.03 Å². The highest BCUT2D eigenvalue weighted by Gasteiger charge is 2.35. The molecular weight excluding hydrogens is 338 g/mol. The molecule has 3 heterocycles. The summed E-state index contributed by atoms with van der Waals surface area (Å²) >= 11 is 0. The largest absolute Gasteiger partial charge is 0.477 e. The number of anilines is 1. The van der Waals surface area contributed by atoms with E-state index >= 15 is 0 Å². The standard InChI is InChI=1S/C16H23N7O3/c1-11(2)5-8-26-15-4-3-14(19-20-15)18-16(25)22-9-12(13(24)10-22)23-7-6-17-21-23/h3-4,6-7,11-13,24H,5,8-10H2,1-2H3,(H,18,19,25)/t12-,13-/m1/s1. The molecule has 2 N–H and O–H groups in total. The normalized spacial score (nSPS) is 19.8. The lowest BCUT2D eigenvalue weighted by molar-refractivity contribution is 0.139. The number of nitrogens with one attached hydrogen (secondary N) is 1. The summed E-state index contributed by atoms with van der Waals surface area (Å²) in [6.45, 7) is 5.36. The van der Waals surface area contributed by atoms with Gasteiger partial charge in [0.1, 0.15) is 0 Å². The van der Waals surface area contributed by atoms with Crippen LogP contribution in [0.1, 0.15) is 26.3 Å². The number of nitrogens with zero attached hydrogens (tertiary/aromatic N) is 6. The van der Waals surface area contributed by atoms with E-state index in [4.69, 9.17) is 4.74 Å².